The first-order chi connectivity index (χ1) is 10.00. The number of nitrogens with two attached hydrogens (primary N) is 1. The zero-order chi connectivity index (χ0) is 15.0. The van der Waals surface area contributed by atoms with Crippen LogP contribution in [0, 0.1) is 5.92 Å². The lowest BCUT2D eigenvalue weighted by molar-refractivity contribution is -0.129. The molecule has 0 spiro atoms. The summed E-state index contributed by atoms with van der Waals surface area (Å²) >= 11 is 5.95. The second-order valence-electron chi connectivity index (χ2n) is 6.22. The Morgan fingerprint density at radius 1 is 1.33 bits per heavy atom. The molecule has 1 saturated heterocycles. The van der Waals surface area contributed by atoms with Crippen LogP contribution in [-0.2, 0) is 15.0 Å². The average Bonchev–Trinajstić information content (AvgIpc) is 2.77. The monoisotopic (exact) mass is 306 g/mol. The molecule has 2 N–H and O–H groups in total. The molecule has 112 valence electrons. The van der Waals surface area contributed by atoms with Crippen molar-refractivity contribution in [3.8, 4) is 0 Å². The average molecular weight is 307 g/mol. The first-order valence-electron chi connectivity index (χ1n) is 7.33. The zero-order valence-electron chi connectivity index (χ0n) is 11.8. The van der Waals surface area contributed by atoms with Gasteiger partial charge in [0.25, 0.3) is 0 Å². The van der Waals surface area contributed by atoms with Gasteiger partial charge < -0.3 is 10.6 Å². The van der Waals surface area contributed by atoms with E-state index in [4.69, 9.17) is 17.3 Å². The van der Waals surface area contributed by atoms with Crippen LogP contribution in [0.1, 0.15) is 31.2 Å². The van der Waals surface area contributed by atoms with Gasteiger partial charge in [0.2, 0.25) is 11.8 Å². The number of carbonyl (C=O) groups is 2. The Bertz CT molecular complexity index is 566. The maximum Gasteiger partial charge on any atom is 0.223 e. The summed E-state index contributed by atoms with van der Waals surface area (Å²) in [7, 11) is 0. The Balaban J connectivity index is 1.77. The minimum absolute atomic E-state index is 0.0206. The summed E-state index contributed by atoms with van der Waals surface area (Å²) in [6.07, 6.45) is 3.56. The van der Waals surface area contributed by atoms with Gasteiger partial charge in [-0.2, -0.15) is 0 Å². The minimum Gasteiger partial charge on any atom is -0.369 e. The number of carbonyl (C=O) groups excluding carboxylic acids is 2. The van der Waals surface area contributed by atoms with E-state index in [0.29, 0.717) is 13.1 Å². The van der Waals surface area contributed by atoms with Crippen molar-refractivity contribution in [3.63, 3.8) is 0 Å². The lowest BCUT2D eigenvalue weighted by Crippen LogP contribution is -2.46. The van der Waals surface area contributed by atoms with Gasteiger partial charge in [0.05, 0.1) is 5.92 Å². The van der Waals surface area contributed by atoms with E-state index >= 15 is 0 Å². The first-order valence-corrected chi connectivity index (χ1v) is 7.71. The molecule has 3 rings (SSSR count). The van der Waals surface area contributed by atoms with Crippen LogP contribution in [0.3, 0.4) is 0 Å². The van der Waals surface area contributed by atoms with E-state index in [2.05, 4.69) is 0 Å². The number of hydrogen-bond acceptors (Lipinski definition) is 2. The molecule has 2 amide bonds. The van der Waals surface area contributed by atoms with Gasteiger partial charge in [0.1, 0.15) is 0 Å². The molecule has 2 fully saturated rings. The van der Waals surface area contributed by atoms with E-state index < -0.39 is 0 Å². The molecule has 1 atom stereocenters. The third kappa shape index (κ3) is 2.64. The molecule has 1 aromatic rings. The molecule has 0 radical (unpaired) electrons. The maximum absolute atomic E-state index is 12.1. The summed E-state index contributed by atoms with van der Waals surface area (Å²) < 4.78 is 0. The summed E-state index contributed by atoms with van der Waals surface area (Å²) in [6, 6.07) is 7.89. The van der Waals surface area contributed by atoms with Gasteiger partial charge in [-0.05, 0) is 30.5 Å². The summed E-state index contributed by atoms with van der Waals surface area (Å²) in [5.41, 5.74) is 6.58. The van der Waals surface area contributed by atoms with Gasteiger partial charge in [-0.3, -0.25) is 9.59 Å². The van der Waals surface area contributed by atoms with Crippen molar-refractivity contribution in [1.29, 1.82) is 0 Å². The van der Waals surface area contributed by atoms with Gasteiger partial charge in [-0.1, -0.05) is 30.2 Å². The molecule has 1 unspecified atom stereocenters. The van der Waals surface area contributed by atoms with E-state index in [9.17, 15) is 9.59 Å². The van der Waals surface area contributed by atoms with Crippen LogP contribution < -0.4 is 5.73 Å². The second kappa shape index (κ2) is 5.34. The van der Waals surface area contributed by atoms with Gasteiger partial charge in [0.15, 0.2) is 0 Å². The van der Waals surface area contributed by atoms with E-state index in [-0.39, 0.29) is 29.6 Å². The Morgan fingerprint density at radius 3 is 2.48 bits per heavy atom. The largest absolute Gasteiger partial charge is 0.369 e. The van der Waals surface area contributed by atoms with Crippen molar-refractivity contribution < 1.29 is 9.59 Å². The molecule has 4 nitrogen and oxygen atoms in total. The van der Waals surface area contributed by atoms with Crippen molar-refractivity contribution in [2.75, 3.05) is 13.1 Å². The van der Waals surface area contributed by atoms with Crippen LogP contribution in [0.15, 0.2) is 24.3 Å². The van der Waals surface area contributed by atoms with Crippen molar-refractivity contribution in [2.45, 2.75) is 31.1 Å². The highest BCUT2D eigenvalue weighted by molar-refractivity contribution is 6.30. The van der Waals surface area contributed by atoms with Gasteiger partial charge in [0, 0.05) is 29.9 Å². The Morgan fingerprint density at radius 2 is 2.00 bits per heavy atom. The van der Waals surface area contributed by atoms with E-state index in [1.807, 2.05) is 29.2 Å². The van der Waals surface area contributed by atoms with Crippen LogP contribution in [0.5, 0.6) is 0 Å². The summed E-state index contributed by atoms with van der Waals surface area (Å²) in [5, 5.41) is 0.722. The van der Waals surface area contributed by atoms with Crippen LogP contribution in [0.4, 0.5) is 0 Å². The maximum atomic E-state index is 12.1. The third-order valence-corrected chi connectivity index (χ3v) is 5.13. The predicted molar refractivity (Wildman–Crippen MR) is 80.9 cm³/mol. The number of hydrogen-bond donors (Lipinski definition) is 1. The summed E-state index contributed by atoms with van der Waals surface area (Å²) in [6.45, 7) is 1.14. The summed E-state index contributed by atoms with van der Waals surface area (Å²) in [5.74, 6) is -0.668. The SMILES string of the molecule is NC(=O)C1CC(=O)N(CC2(c3ccc(Cl)cc3)CCC2)C1. The Labute approximate surface area is 129 Å². The van der Waals surface area contributed by atoms with Gasteiger partial charge in [-0.15, -0.1) is 0 Å². The molecular weight excluding hydrogens is 288 g/mol. The molecule has 1 saturated carbocycles. The number of primary amides is 1. The fraction of sp³-hybridized carbons (Fsp3) is 0.500. The lowest BCUT2D eigenvalue weighted by atomic mass is 9.64. The Kier molecular flexibility index (Phi) is 3.66. The molecule has 1 heterocycles. The second-order valence-corrected chi connectivity index (χ2v) is 6.65. The van der Waals surface area contributed by atoms with Crippen molar-refractivity contribution in [3.05, 3.63) is 34.9 Å². The number of amides is 2. The normalized spacial score (nSPS) is 24.0. The summed E-state index contributed by atoms with van der Waals surface area (Å²) in [4.78, 5) is 25.2. The highest BCUT2D eigenvalue weighted by Crippen LogP contribution is 2.45. The smallest absolute Gasteiger partial charge is 0.223 e. The molecule has 1 aliphatic heterocycles. The van der Waals surface area contributed by atoms with Crippen LogP contribution in [0.2, 0.25) is 5.02 Å². The molecule has 2 aliphatic rings. The number of rotatable bonds is 4. The highest BCUT2D eigenvalue weighted by Gasteiger charge is 2.43. The van der Waals surface area contributed by atoms with Crippen LogP contribution in [-0.4, -0.2) is 29.8 Å². The van der Waals surface area contributed by atoms with Gasteiger partial charge in [-0.25, -0.2) is 0 Å². The topological polar surface area (TPSA) is 63.4 Å². The minimum atomic E-state index is -0.375. The lowest BCUT2D eigenvalue weighted by Gasteiger charge is -2.45. The first kappa shape index (κ1) is 14.4. The molecule has 0 aromatic heterocycles. The van der Waals surface area contributed by atoms with Crippen molar-refractivity contribution in [2.24, 2.45) is 11.7 Å². The zero-order valence-corrected chi connectivity index (χ0v) is 12.6. The van der Waals surface area contributed by atoms with Crippen molar-refractivity contribution >= 4 is 23.4 Å². The molecule has 1 aliphatic carbocycles. The fourth-order valence-corrected chi connectivity index (χ4v) is 3.55. The number of halogens is 1. The third-order valence-electron chi connectivity index (χ3n) is 4.88. The van der Waals surface area contributed by atoms with Crippen LogP contribution in [0.25, 0.3) is 0 Å². The number of benzene rings is 1. The van der Waals surface area contributed by atoms with E-state index in [1.165, 1.54) is 12.0 Å². The molecule has 0 bridgehead atoms. The van der Waals surface area contributed by atoms with Crippen LogP contribution >= 0.6 is 11.6 Å². The highest BCUT2D eigenvalue weighted by atomic mass is 35.5. The van der Waals surface area contributed by atoms with E-state index in [0.717, 1.165) is 17.9 Å². The number of likely N-dealkylation sites (tertiary alicyclic amines) is 1. The Hall–Kier alpha value is -1.55. The fourth-order valence-electron chi connectivity index (χ4n) is 3.43. The standard InChI is InChI=1S/C16H19ClN2O2/c17-13-4-2-12(3-5-13)16(6-1-7-16)10-19-9-11(15(18)21)8-14(19)20/h2-5,11H,1,6-10H2,(H2,18,21). The van der Waals surface area contributed by atoms with Crippen molar-refractivity contribution in [1.82, 2.24) is 4.90 Å². The quantitative estimate of drug-likeness (QED) is 0.926. The van der Waals surface area contributed by atoms with E-state index in [1.54, 1.807) is 0 Å². The molecular formula is C16H19ClN2O2. The molecule has 21 heavy (non-hydrogen) atoms. The van der Waals surface area contributed by atoms with Gasteiger partial charge >= 0.3 is 0 Å². The molecule has 1 aromatic carbocycles. The molecule has 5 heteroatoms. The number of nitrogens with zero attached hydrogens (tertiary/aromatic N) is 1. The predicted octanol–water partition coefficient (Wildman–Crippen LogP) is 2.10.